The Kier molecular flexibility index (Phi) is 2.70. The van der Waals surface area contributed by atoms with Gasteiger partial charge in [0.2, 0.25) is 0 Å². The summed E-state index contributed by atoms with van der Waals surface area (Å²) in [5, 5.41) is 10.5. The molecule has 1 aliphatic heterocycles. The predicted molar refractivity (Wildman–Crippen MR) is 64.7 cm³/mol. The fourth-order valence-electron chi connectivity index (χ4n) is 2.02. The first-order valence-electron chi connectivity index (χ1n) is 5.56. The Hall–Kier alpha value is -2.37. The van der Waals surface area contributed by atoms with E-state index in [9.17, 15) is 13.2 Å². The Labute approximate surface area is 106 Å². The molecule has 0 saturated heterocycles. The lowest BCUT2D eigenvalue weighted by molar-refractivity contribution is 0.538. The van der Waals surface area contributed by atoms with E-state index in [1.54, 1.807) is 12.1 Å². The molecule has 0 aliphatic carbocycles. The molecular formula is C13H8F3N3. The van der Waals surface area contributed by atoms with Gasteiger partial charge in [0.25, 0.3) is 0 Å². The van der Waals surface area contributed by atoms with Crippen LogP contribution in [0.2, 0.25) is 0 Å². The topological polar surface area (TPSA) is 37.8 Å². The highest BCUT2D eigenvalue weighted by Gasteiger charge is 2.19. The summed E-state index contributed by atoms with van der Waals surface area (Å²) in [6.45, 7) is 0.200. The minimum Gasteiger partial charge on any atom is -0.364 e. The summed E-state index contributed by atoms with van der Waals surface area (Å²) in [6.07, 6.45) is 3.09. The Morgan fingerprint density at radius 1 is 1.11 bits per heavy atom. The summed E-state index contributed by atoms with van der Waals surface area (Å²) in [5.74, 6) is -2.23. The van der Waals surface area contributed by atoms with Gasteiger partial charge >= 0.3 is 0 Å². The molecule has 0 saturated carbocycles. The smallest absolute Gasteiger partial charge is 0.156 e. The van der Waals surface area contributed by atoms with Crippen molar-refractivity contribution in [3.63, 3.8) is 0 Å². The normalized spacial score (nSPS) is 13.5. The number of fused-ring (bicyclic) bond motifs is 1. The van der Waals surface area contributed by atoms with Gasteiger partial charge in [-0.1, -0.05) is 0 Å². The molecule has 19 heavy (non-hydrogen) atoms. The van der Waals surface area contributed by atoms with E-state index in [4.69, 9.17) is 0 Å². The first-order valence-corrected chi connectivity index (χ1v) is 5.56. The maximum absolute atomic E-state index is 13.7. The van der Waals surface area contributed by atoms with Crippen LogP contribution in [0.25, 0.3) is 11.6 Å². The SMILES string of the molecule is Fc1cc(F)c(C2=Cc3ccnnc3NC2)c(F)c1. The van der Waals surface area contributed by atoms with Gasteiger partial charge in [0, 0.05) is 24.2 Å². The summed E-state index contributed by atoms with van der Waals surface area (Å²) in [4.78, 5) is 0. The third-order valence-corrected chi connectivity index (χ3v) is 2.86. The van der Waals surface area contributed by atoms with Crippen LogP contribution in [-0.4, -0.2) is 16.7 Å². The molecule has 2 aromatic rings. The fraction of sp³-hybridized carbons (Fsp3) is 0.0769. The molecule has 3 rings (SSSR count). The number of hydrogen-bond acceptors (Lipinski definition) is 3. The highest BCUT2D eigenvalue weighted by molar-refractivity contribution is 5.89. The summed E-state index contributed by atoms with van der Waals surface area (Å²) in [7, 11) is 0. The summed E-state index contributed by atoms with van der Waals surface area (Å²) < 4.78 is 40.3. The zero-order chi connectivity index (χ0) is 13.4. The van der Waals surface area contributed by atoms with Crippen LogP contribution in [0.1, 0.15) is 11.1 Å². The van der Waals surface area contributed by atoms with Crippen molar-refractivity contribution in [3.05, 3.63) is 53.0 Å². The Balaban J connectivity index is 2.12. The van der Waals surface area contributed by atoms with Crippen molar-refractivity contribution in [1.29, 1.82) is 0 Å². The van der Waals surface area contributed by atoms with Crippen LogP contribution >= 0.6 is 0 Å². The monoisotopic (exact) mass is 263 g/mol. The van der Waals surface area contributed by atoms with Crippen LogP contribution in [-0.2, 0) is 0 Å². The van der Waals surface area contributed by atoms with E-state index in [-0.39, 0.29) is 12.1 Å². The van der Waals surface area contributed by atoms with Gasteiger partial charge in [0.15, 0.2) is 5.82 Å². The van der Waals surface area contributed by atoms with E-state index in [0.29, 0.717) is 29.1 Å². The van der Waals surface area contributed by atoms with Crippen molar-refractivity contribution < 1.29 is 13.2 Å². The predicted octanol–water partition coefficient (Wildman–Crippen LogP) is 2.86. The van der Waals surface area contributed by atoms with Crippen LogP contribution in [0.5, 0.6) is 0 Å². The number of halogens is 3. The molecule has 0 unspecified atom stereocenters. The number of aromatic nitrogens is 2. The molecule has 0 amide bonds. The number of rotatable bonds is 1. The third-order valence-electron chi connectivity index (χ3n) is 2.86. The standard InChI is InChI=1S/C13H8F3N3/c14-9-4-10(15)12(11(16)5-9)8-3-7-1-2-18-19-13(7)17-6-8/h1-5H,6H2,(H,17,19). The first kappa shape index (κ1) is 11.7. The van der Waals surface area contributed by atoms with Gasteiger partial charge in [-0.05, 0) is 17.7 Å². The molecule has 0 spiro atoms. The van der Waals surface area contributed by atoms with E-state index in [1.807, 2.05) is 0 Å². The van der Waals surface area contributed by atoms with Gasteiger partial charge in [0.1, 0.15) is 17.5 Å². The van der Waals surface area contributed by atoms with Crippen molar-refractivity contribution in [2.75, 3.05) is 11.9 Å². The second-order valence-corrected chi connectivity index (χ2v) is 4.10. The van der Waals surface area contributed by atoms with E-state index in [0.717, 1.165) is 0 Å². The molecule has 0 atom stereocenters. The number of anilines is 1. The highest BCUT2D eigenvalue weighted by atomic mass is 19.1. The molecule has 96 valence electrons. The maximum Gasteiger partial charge on any atom is 0.156 e. The van der Waals surface area contributed by atoms with Crippen LogP contribution in [0.15, 0.2) is 24.4 Å². The van der Waals surface area contributed by atoms with Gasteiger partial charge < -0.3 is 5.32 Å². The van der Waals surface area contributed by atoms with E-state index in [1.165, 1.54) is 6.20 Å². The molecule has 0 radical (unpaired) electrons. The van der Waals surface area contributed by atoms with Gasteiger partial charge in [0.05, 0.1) is 11.8 Å². The van der Waals surface area contributed by atoms with E-state index >= 15 is 0 Å². The van der Waals surface area contributed by atoms with Gasteiger partial charge in [-0.3, -0.25) is 0 Å². The van der Waals surface area contributed by atoms with Crippen LogP contribution in [0, 0.1) is 17.5 Å². The highest BCUT2D eigenvalue weighted by Crippen LogP contribution is 2.29. The van der Waals surface area contributed by atoms with E-state index < -0.39 is 17.5 Å². The fourth-order valence-corrected chi connectivity index (χ4v) is 2.02. The summed E-state index contributed by atoms with van der Waals surface area (Å²) >= 11 is 0. The molecule has 3 nitrogen and oxygen atoms in total. The molecule has 2 heterocycles. The van der Waals surface area contributed by atoms with E-state index in [2.05, 4.69) is 15.5 Å². The third kappa shape index (κ3) is 2.05. The Morgan fingerprint density at radius 2 is 1.84 bits per heavy atom. The molecular weight excluding hydrogens is 255 g/mol. The zero-order valence-electron chi connectivity index (χ0n) is 9.62. The van der Waals surface area contributed by atoms with Crippen molar-refractivity contribution in [3.8, 4) is 0 Å². The number of nitrogens with zero attached hydrogens (tertiary/aromatic N) is 2. The Bertz CT molecular complexity index is 660. The quantitative estimate of drug-likeness (QED) is 0.859. The lowest BCUT2D eigenvalue weighted by atomic mass is 9.99. The van der Waals surface area contributed by atoms with Crippen molar-refractivity contribution in [2.45, 2.75) is 0 Å². The number of benzene rings is 1. The number of hydrogen-bond donors (Lipinski definition) is 1. The van der Waals surface area contributed by atoms with Crippen LogP contribution in [0.3, 0.4) is 0 Å². The lowest BCUT2D eigenvalue weighted by Gasteiger charge is -2.18. The van der Waals surface area contributed by atoms with Gasteiger partial charge in [-0.25, -0.2) is 13.2 Å². The van der Waals surface area contributed by atoms with Crippen LogP contribution in [0.4, 0.5) is 19.0 Å². The summed E-state index contributed by atoms with van der Waals surface area (Å²) in [5.41, 5.74) is 0.853. The molecule has 6 heteroatoms. The first-order chi connectivity index (χ1) is 9.15. The van der Waals surface area contributed by atoms with Crippen LogP contribution < -0.4 is 5.32 Å². The molecule has 1 aromatic carbocycles. The minimum absolute atomic E-state index is 0.200. The van der Waals surface area contributed by atoms with Gasteiger partial charge in [-0.2, -0.15) is 5.10 Å². The molecule has 1 N–H and O–H groups in total. The molecule has 1 aromatic heterocycles. The van der Waals surface area contributed by atoms with Crippen molar-refractivity contribution in [1.82, 2.24) is 10.2 Å². The zero-order valence-corrected chi connectivity index (χ0v) is 9.62. The maximum atomic E-state index is 13.7. The summed E-state index contributed by atoms with van der Waals surface area (Å²) in [6, 6.07) is 3.01. The van der Waals surface area contributed by atoms with Gasteiger partial charge in [-0.15, -0.1) is 5.10 Å². The molecule has 0 bridgehead atoms. The van der Waals surface area contributed by atoms with Crippen molar-refractivity contribution >= 4 is 17.5 Å². The second-order valence-electron chi connectivity index (χ2n) is 4.10. The second kappa shape index (κ2) is 4.38. The Morgan fingerprint density at radius 3 is 2.58 bits per heavy atom. The van der Waals surface area contributed by atoms with Crippen molar-refractivity contribution in [2.24, 2.45) is 0 Å². The molecule has 1 aliphatic rings. The number of nitrogens with one attached hydrogen (secondary N) is 1. The average Bonchev–Trinajstić information content (AvgIpc) is 2.37. The lowest BCUT2D eigenvalue weighted by Crippen LogP contribution is -2.13. The largest absolute Gasteiger partial charge is 0.364 e. The molecule has 0 fully saturated rings. The average molecular weight is 263 g/mol. The minimum atomic E-state index is -0.936.